The minimum absolute atomic E-state index is 0.0187. The van der Waals surface area contributed by atoms with Gasteiger partial charge in [0.05, 0.1) is 6.10 Å². The summed E-state index contributed by atoms with van der Waals surface area (Å²) in [5, 5.41) is 0.117. The van der Waals surface area contributed by atoms with E-state index in [0.717, 1.165) is 11.1 Å². The maximum absolute atomic E-state index is 5.88. The van der Waals surface area contributed by atoms with E-state index in [1.54, 1.807) is 12.4 Å². The molecule has 0 fully saturated rings. The molecule has 0 spiro atoms. The molecule has 5 nitrogen and oxygen atoms in total. The van der Waals surface area contributed by atoms with Crippen molar-refractivity contribution in [2.75, 3.05) is 0 Å². The molecule has 2 aromatic rings. The minimum Gasteiger partial charge on any atom is -0.461 e. The Morgan fingerprint density at radius 3 is 2.67 bits per heavy atom. The molecule has 0 radical (unpaired) electrons. The van der Waals surface area contributed by atoms with E-state index in [-0.39, 0.29) is 17.4 Å². The highest BCUT2D eigenvalue weighted by atomic mass is 35.5. The van der Waals surface area contributed by atoms with Gasteiger partial charge in [0.1, 0.15) is 0 Å². The highest BCUT2D eigenvalue weighted by Crippen LogP contribution is 2.21. The standard InChI is InChI=1S/C12H13ClN4O/c1-7(2)18-12-16-10(15-11(13)17-12)9-4-5-14-6-8(9)3/h4-7H,1-3H3. The van der Waals surface area contributed by atoms with Gasteiger partial charge in [0.15, 0.2) is 5.82 Å². The third-order valence-electron chi connectivity index (χ3n) is 2.19. The summed E-state index contributed by atoms with van der Waals surface area (Å²) in [6.07, 6.45) is 3.41. The molecule has 0 amide bonds. The number of nitrogens with zero attached hydrogens (tertiary/aromatic N) is 4. The van der Waals surface area contributed by atoms with Crippen molar-refractivity contribution in [2.24, 2.45) is 0 Å². The lowest BCUT2D eigenvalue weighted by molar-refractivity contribution is 0.222. The van der Waals surface area contributed by atoms with Gasteiger partial charge in [-0.2, -0.15) is 15.0 Å². The van der Waals surface area contributed by atoms with Gasteiger partial charge >= 0.3 is 6.01 Å². The Hall–Kier alpha value is -1.75. The van der Waals surface area contributed by atoms with Crippen molar-refractivity contribution in [1.29, 1.82) is 0 Å². The van der Waals surface area contributed by atoms with Crippen LogP contribution in [0.5, 0.6) is 6.01 Å². The van der Waals surface area contributed by atoms with Gasteiger partial charge in [-0.25, -0.2) is 0 Å². The van der Waals surface area contributed by atoms with E-state index >= 15 is 0 Å². The monoisotopic (exact) mass is 264 g/mol. The molecule has 18 heavy (non-hydrogen) atoms. The quantitative estimate of drug-likeness (QED) is 0.853. The molecule has 0 N–H and O–H groups in total. The molecule has 94 valence electrons. The number of rotatable bonds is 3. The number of pyridine rings is 1. The minimum atomic E-state index is -0.0187. The van der Waals surface area contributed by atoms with Gasteiger partial charge in [-0.1, -0.05) is 0 Å². The molecule has 0 aliphatic carbocycles. The van der Waals surface area contributed by atoms with E-state index < -0.39 is 0 Å². The van der Waals surface area contributed by atoms with Crippen LogP contribution in [0.3, 0.4) is 0 Å². The van der Waals surface area contributed by atoms with Crippen LogP contribution in [0.1, 0.15) is 19.4 Å². The Morgan fingerprint density at radius 2 is 2.00 bits per heavy atom. The molecule has 0 aromatic carbocycles. The van der Waals surface area contributed by atoms with Crippen molar-refractivity contribution in [3.05, 3.63) is 29.3 Å². The van der Waals surface area contributed by atoms with Crippen molar-refractivity contribution >= 4 is 11.6 Å². The Balaban J connectivity index is 2.45. The van der Waals surface area contributed by atoms with Crippen molar-refractivity contribution < 1.29 is 4.74 Å². The lowest BCUT2D eigenvalue weighted by atomic mass is 10.1. The number of halogens is 1. The fraction of sp³-hybridized carbons (Fsp3) is 0.333. The van der Waals surface area contributed by atoms with Crippen LogP contribution in [0.2, 0.25) is 5.28 Å². The van der Waals surface area contributed by atoms with Gasteiger partial charge in [-0.05, 0) is 44.0 Å². The van der Waals surface area contributed by atoms with E-state index in [4.69, 9.17) is 16.3 Å². The Kier molecular flexibility index (Phi) is 3.72. The second kappa shape index (κ2) is 5.27. The predicted molar refractivity (Wildman–Crippen MR) is 68.6 cm³/mol. The van der Waals surface area contributed by atoms with Gasteiger partial charge in [0, 0.05) is 18.0 Å². The molecule has 0 bridgehead atoms. The van der Waals surface area contributed by atoms with Crippen LogP contribution in [0.25, 0.3) is 11.4 Å². The van der Waals surface area contributed by atoms with Gasteiger partial charge in [0.25, 0.3) is 0 Å². The molecule has 6 heteroatoms. The molecule has 0 aliphatic heterocycles. The van der Waals surface area contributed by atoms with Gasteiger partial charge < -0.3 is 4.74 Å². The number of aromatic nitrogens is 4. The predicted octanol–water partition coefficient (Wildman–Crippen LogP) is 2.68. The summed E-state index contributed by atoms with van der Waals surface area (Å²) < 4.78 is 5.43. The van der Waals surface area contributed by atoms with Crippen molar-refractivity contribution in [1.82, 2.24) is 19.9 Å². The van der Waals surface area contributed by atoms with Crippen LogP contribution in [-0.2, 0) is 0 Å². The summed E-state index contributed by atoms with van der Waals surface area (Å²) in [5.41, 5.74) is 1.83. The normalized spacial score (nSPS) is 10.7. The zero-order chi connectivity index (χ0) is 13.1. The first-order chi connectivity index (χ1) is 8.56. The van der Waals surface area contributed by atoms with Crippen molar-refractivity contribution in [3.8, 4) is 17.4 Å². The molecular weight excluding hydrogens is 252 g/mol. The first-order valence-corrected chi connectivity index (χ1v) is 5.93. The zero-order valence-electron chi connectivity index (χ0n) is 10.4. The summed E-state index contributed by atoms with van der Waals surface area (Å²) >= 11 is 5.88. The fourth-order valence-electron chi connectivity index (χ4n) is 1.44. The number of aryl methyl sites for hydroxylation is 1. The third kappa shape index (κ3) is 2.92. The van der Waals surface area contributed by atoms with Gasteiger partial charge in [0.2, 0.25) is 5.28 Å². The van der Waals surface area contributed by atoms with E-state index in [9.17, 15) is 0 Å². The second-order valence-corrected chi connectivity index (χ2v) is 4.41. The molecule has 2 aromatic heterocycles. The van der Waals surface area contributed by atoms with Crippen LogP contribution >= 0.6 is 11.6 Å². The molecule has 0 atom stereocenters. The zero-order valence-corrected chi connectivity index (χ0v) is 11.1. The van der Waals surface area contributed by atoms with E-state index in [2.05, 4.69) is 19.9 Å². The number of ether oxygens (including phenoxy) is 1. The molecule has 2 heterocycles. The second-order valence-electron chi connectivity index (χ2n) is 4.07. The number of hydrogen-bond donors (Lipinski definition) is 0. The Morgan fingerprint density at radius 1 is 1.22 bits per heavy atom. The van der Waals surface area contributed by atoms with E-state index in [1.165, 1.54) is 0 Å². The SMILES string of the molecule is Cc1cnccc1-c1nc(Cl)nc(OC(C)C)n1. The van der Waals surface area contributed by atoms with Gasteiger partial charge in [-0.15, -0.1) is 0 Å². The van der Waals surface area contributed by atoms with Crippen molar-refractivity contribution in [2.45, 2.75) is 26.9 Å². The van der Waals surface area contributed by atoms with E-state index in [0.29, 0.717) is 5.82 Å². The fourth-order valence-corrected chi connectivity index (χ4v) is 1.59. The van der Waals surface area contributed by atoms with Crippen LogP contribution in [0.4, 0.5) is 0 Å². The summed E-state index contributed by atoms with van der Waals surface area (Å²) in [5.74, 6) is 0.491. The summed E-state index contributed by atoms with van der Waals surface area (Å²) in [6.45, 7) is 5.73. The lowest BCUT2D eigenvalue weighted by Crippen LogP contribution is -2.09. The average molecular weight is 265 g/mol. The summed E-state index contributed by atoms with van der Waals surface area (Å²) in [6, 6.07) is 2.07. The molecule has 0 aliphatic rings. The first-order valence-electron chi connectivity index (χ1n) is 5.55. The highest BCUT2D eigenvalue weighted by Gasteiger charge is 2.11. The summed E-state index contributed by atoms with van der Waals surface area (Å²) in [4.78, 5) is 16.3. The molecule has 0 saturated carbocycles. The van der Waals surface area contributed by atoms with Crippen LogP contribution in [-0.4, -0.2) is 26.0 Å². The average Bonchev–Trinajstić information content (AvgIpc) is 2.27. The third-order valence-corrected chi connectivity index (χ3v) is 2.36. The molecule has 2 rings (SSSR count). The van der Waals surface area contributed by atoms with Crippen LogP contribution in [0.15, 0.2) is 18.5 Å². The maximum Gasteiger partial charge on any atom is 0.321 e. The Bertz CT molecular complexity index is 560. The smallest absolute Gasteiger partial charge is 0.321 e. The maximum atomic E-state index is 5.88. The van der Waals surface area contributed by atoms with Crippen molar-refractivity contribution in [3.63, 3.8) is 0 Å². The van der Waals surface area contributed by atoms with Crippen LogP contribution in [0, 0.1) is 6.92 Å². The molecule has 0 saturated heterocycles. The first kappa shape index (κ1) is 12.7. The van der Waals surface area contributed by atoms with Gasteiger partial charge in [-0.3, -0.25) is 4.98 Å². The topological polar surface area (TPSA) is 60.8 Å². The van der Waals surface area contributed by atoms with Crippen LogP contribution < -0.4 is 4.74 Å². The highest BCUT2D eigenvalue weighted by molar-refractivity contribution is 6.28. The van der Waals surface area contributed by atoms with E-state index in [1.807, 2.05) is 26.8 Å². The molecule has 0 unspecified atom stereocenters. The Labute approximate surface area is 110 Å². The number of hydrogen-bond acceptors (Lipinski definition) is 5. The largest absolute Gasteiger partial charge is 0.461 e. The summed E-state index contributed by atoms with van der Waals surface area (Å²) in [7, 11) is 0. The lowest BCUT2D eigenvalue weighted by Gasteiger charge is -2.09. The molecular formula is C12H13ClN4O.